The van der Waals surface area contributed by atoms with Crippen LogP contribution in [0.4, 0.5) is 0 Å². The number of fused-ring (bicyclic) bond motifs is 4. The van der Waals surface area contributed by atoms with Crippen molar-refractivity contribution in [3.05, 3.63) is 108 Å². The van der Waals surface area contributed by atoms with E-state index < -0.39 is 5.41 Å². The summed E-state index contributed by atoms with van der Waals surface area (Å²) in [5.41, 5.74) is 5.39. The van der Waals surface area contributed by atoms with Crippen molar-refractivity contribution in [3.8, 4) is 11.4 Å². The Balaban J connectivity index is 0.00000288. The van der Waals surface area contributed by atoms with Crippen LogP contribution in [-0.2, 0) is 51.7 Å². The average molecular weight is 798 g/mol. The van der Waals surface area contributed by atoms with Crippen LogP contribution in [0.2, 0.25) is 0 Å². The SMILES string of the molecule is CC(C)(c1nn(-c2c([S-])sc3ccccc23)c2ccccc12)c1nn(-c2c([S-])sc3ccccc23)c2ccccc12.[Pt+2]. The van der Waals surface area contributed by atoms with Crippen LogP contribution in [0.1, 0.15) is 25.2 Å². The van der Waals surface area contributed by atoms with Gasteiger partial charge in [0.15, 0.2) is 0 Å². The van der Waals surface area contributed by atoms with Gasteiger partial charge in [0, 0.05) is 10.8 Å². The second kappa shape index (κ2) is 10.2. The number of hydrogen-bond donors (Lipinski definition) is 0. The molecular formula is C33H22N4PtS4. The van der Waals surface area contributed by atoms with Gasteiger partial charge in [0.25, 0.3) is 0 Å². The molecule has 0 saturated heterocycles. The summed E-state index contributed by atoms with van der Waals surface area (Å²) in [6, 6.07) is 33.6. The Morgan fingerprint density at radius 2 is 0.905 bits per heavy atom. The van der Waals surface area contributed by atoms with E-state index in [1.54, 1.807) is 22.7 Å². The fourth-order valence-corrected chi connectivity index (χ4v) is 8.69. The van der Waals surface area contributed by atoms with Gasteiger partial charge in [0.05, 0.1) is 39.2 Å². The fourth-order valence-electron chi connectivity index (χ4n) is 5.93. The number of rotatable bonds is 4. The van der Waals surface area contributed by atoms with Crippen LogP contribution >= 0.6 is 22.7 Å². The third-order valence-electron chi connectivity index (χ3n) is 7.86. The van der Waals surface area contributed by atoms with Gasteiger partial charge in [-0.15, -0.1) is 0 Å². The van der Waals surface area contributed by atoms with Gasteiger partial charge in [-0.25, -0.2) is 9.36 Å². The molecule has 8 aromatic rings. The van der Waals surface area contributed by atoms with Crippen molar-refractivity contribution < 1.29 is 21.1 Å². The van der Waals surface area contributed by atoms with Gasteiger partial charge in [-0.3, -0.25) is 0 Å². The van der Waals surface area contributed by atoms with E-state index in [2.05, 4.69) is 111 Å². The van der Waals surface area contributed by atoms with Crippen LogP contribution in [0.15, 0.2) is 105 Å². The average Bonchev–Trinajstić information content (AvgIpc) is 3.72. The van der Waals surface area contributed by atoms with Crippen molar-refractivity contribution in [1.29, 1.82) is 0 Å². The van der Waals surface area contributed by atoms with Crippen molar-refractivity contribution in [2.24, 2.45) is 0 Å². The van der Waals surface area contributed by atoms with Crippen LogP contribution in [0.3, 0.4) is 0 Å². The first-order valence-corrected chi connectivity index (χ1v) is 15.7. The van der Waals surface area contributed by atoms with Crippen LogP contribution in [0, 0.1) is 0 Å². The zero-order chi connectivity index (χ0) is 27.9. The molecule has 8 rings (SSSR count). The largest absolute Gasteiger partial charge is 2.00 e. The van der Waals surface area contributed by atoms with E-state index >= 15 is 0 Å². The topological polar surface area (TPSA) is 35.6 Å². The minimum atomic E-state index is -0.531. The third-order valence-corrected chi connectivity index (χ3v) is 10.7. The van der Waals surface area contributed by atoms with Crippen LogP contribution in [-0.4, -0.2) is 19.6 Å². The second-order valence-corrected chi connectivity index (χ2v) is 14.1. The molecule has 42 heavy (non-hydrogen) atoms. The van der Waals surface area contributed by atoms with Gasteiger partial charge >= 0.3 is 21.1 Å². The maximum absolute atomic E-state index is 5.89. The van der Waals surface area contributed by atoms with Crippen LogP contribution in [0.5, 0.6) is 0 Å². The molecule has 0 N–H and O–H groups in total. The van der Waals surface area contributed by atoms with Gasteiger partial charge in [-0.1, -0.05) is 103 Å². The second-order valence-electron chi connectivity index (χ2n) is 10.6. The summed E-state index contributed by atoms with van der Waals surface area (Å²) in [7, 11) is 0. The monoisotopic (exact) mass is 797 g/mol. The molecule has 0 aliphatic rings. The van der Waals surface area contributed by atoms with Crippen molar-refractivity contribution in [1.82, 2.24) is 19.6 Å². The van der Waals surface area contributed by atoms with E-state index in [0.29, 0.717) is 0 Å². The van der Waals surface area contributed by atoms with Crippen molar-refractivity contribution in [2.45, 2.75) is 27.7 Å². The summed E-state index contributed by atoms with van der Waals surface area (Å²) in [6.45, 7) is 4.43. The summed E-state index contributed by atoms with van der Waals surface area (Å²) < 4.78 is 8.09. The Hall–Kier alpha value is -3.13. The summed E-state index contributed by atoms with van der Waals surface area (Å²) in [5.74, 6) is 0. The molecular weight excluding hydrogens is 776 g/mol. The zero-order valence-corrected chi connectivity index (χ0v) is 28.0. The molecule has 0 unspecified atom stereocenters. The van der Waals surface area contributed by atoms with Gasteiger partial charge in [-0.2, -0.15) is 10.2 Å². The van der Waals surface area contributed by atoms with E-state index in [9.17, 15) is 0 Å². The van der Waals surface area contributed by atoms with E-state index in [4.69, 9.17) is 35.5 Å². The molecule has 0 amide bonds. The zero-order valence-electron chi connectivity index (χ0n) is 22.5. The summed E-state index contributed by atoms with van der Waals surface area (Å²) in [5, 5.41) is 15.1. The third kappa shape index (κ3) is 4.00. The van der Waals surface area contributed by atoms with Crippen molar-refractivity contribution in [2.75, 3.05) is 0 Å². The van der Waals surface area contributed by atoms with Gasteiger partial charge < -0.3 is 47.9 Å². The van der Waals surface area contributed by atoms with Crippen LogP contribution in [0.25, 0.3) is 53.4 Å². The van der Waals surface area contributed by atoms with Crippen molar-refractivity contribution >= 4 is 89.9 Å². The Morgan fingerprint density at radius 1 is 0.548 bits per heavy atom. The molecule has 0 aliphatic heterocycles. The summed E-state index contributed by atoms with van der Waals surface area (Å²) in [4.78, 5) is 0. The Bertz CT molecular complexity index is 2130. The molecule has 0 aliphatic carbocycles. The van der Waals surface area contributed by atoms with Crippen molar-refractivity contribution in [3.63, 3.8) is 0 Å². The molecule has 0 radical (unpaired) electrons. The Labute approximate surface area is 276 Å². The summed E-state index contributed by atoms with van der Waals surface area (Å²) in [6.07, 6.45) is 0. The van der Waals surface area contributed by atoms with Gasteiger partial charge in [-0.05, 0) is 36.8 Å². The smallest absolute Gasteiger partial charge is 0.426 e. The number of benzene rings is 4. The predicted octanol–water partition coefficient (Wildman–Crippen LogP) is 8.93. The molecule has 4 heterocycles. The molecule has 0 spiro atoms. The number of para-hydroxylation sites is 2. The van der Waals surface area contributed by atoms with Gasteiger partial charge in [0.2, 0.25) is 0 Å². The van der Waals surface area contributed by atoms with E-state index in [1.165, 1.54) is 9.40 Å². The maximum atomic E-state index is 5.89. The fraction of sp³-hybridized carbons (Fsp3) is 0.0909. The first kappa shape index (κ1) is 27.7. The minimum absolute atomic E-state index is 0. The normalized spacial score (nSPS) is 12.0. The first-order chi connectivity index (χ1) is 19.9. The number of thiophene rings is 2. The molecule has 0 fully saturated rings. The molecule has 9 heteroatoms. The van der Waals surface area contributed by atoms with Gasteiger partial charge in [0.1, 0.15) is 0 Å². The first-order valence-electron chi connectivity index (χ1n) is 13.3. The molecule has 0 bridgehead atoms. The Kier molecular flexibility index (Phi) is 6.76. The number of aromatic nitrogens is 4. The molecule has 0 saturated carbocycles. The predicted molar refractivity (Wildman–Crippen MR) is 176 cm³/mol. The molecule has 4 aromatic carbocycles. The number of hydrogen-bond acceptors (Lipinski definition) is 6. The summed E-state index contributed by atoms with van der Waals surface area (Å²) >= 11 is 15.0. The van der Waals surface area contributed by atoms with E-state index in [1.807, 2.05) is 9.36 Å². The molecule has 4 nitrogen and oxygen atoms in total. The standard InChI is InChI=1S/C33H24N4S4.Pt/c1-33(2,29-19-11-3-7-15-23(19)36(34-29)27-21-13-5-9-17-25(21)40-31(27)38)30-20-12-4-8-16-24(20)37(35-30)28-22-14-6-10-18-26(22)41-32(28)39;/h3-18,38-39H,1-2H3;/q;+2/p-2. The Morgan fingerprint density at radius 3 is 1.33 bits per heavy atom. The molecule has 208 valence electrons. The van der Waals surface area contributed by atoms with E-state index in [0.717, 1.165) is 63.8 Å². The molecule has 4 aromatic heterocycles. The quantitative estimate of drug-likeness (QED) is 0.167. The molecule has 0 atom stereocenters. The minimum Gasteiger partial charge on any atom is -0.426 e. The number of nitrogens with zero attached hydrogens (tertiary/aromatic N) is 4. The van der Waals surface area contributed by atoms with Crippen LogP contribution < -0.4 is 0 Å². The maximum Gasteiger partial charge on any atom is 2.00 e. The van der Waals surface area contributed by atoms with E-state index in [-0.39, 0.29) is 21.1 Å².